The highest BCUT2D eigenvalue weighted by atomic mass is 16.6. The van der Waals surface area contributed by atoms with E-state index in [0.29, 0.717) is 23.3 Å². The summed E-state index contributed by atoms with van der Waals surface area (Å²) in [7, 11) is 0. The first-order valence-electron chi connectivity index (χ1n) is 6.35. The lowest BCUT2D eigenvalue weighted by Gasteiger charge is -2.05. The van der Waals surface area contributed by atoms with Crippen LogP contribution in [0.15, 0.2) is 41.3 Å². The van der Waals surface area contributed by atoms with Gasteiger partial charge in [0, 0.05) is 42.1 Å². The molecule has 0 bridgehead atoms. The number of aromatic amines is 1. The largest absolute Gasteiger partial charge is 0.297 e. The summed E-state index contributed by atoms with van der Waals surface area (Å²) in [5, 5.41) is 13.5. The van der Waals surface area contributed by atoms with Crippen molar-refractivity contribution in [1.29, 1.82) is 0 Å². The Kier molecular flexibility index (Phi) is 3.02. The maximum Gasteiger partial charge on any atom is 0.276 e. The zero-order chi connectivity index (χ0) is 15.0. The second kappa shape index (κ2) is 4.86. The summed E-state index contributed by atoms with van der Waals surface area (Å²) >= 11 is 0. The molecule has 1 aromatic carbocycles. The highest BCUT2D eigenvalue weighted by Gasteiger charge is 2.12. The number of H-pyrrole nitrogens is 1. The normalized spacial score (nSPS) is 10.9. The van der Waals surface area contributed by atoms with Crippen molar-refractivity contribution in [2.24, 2.45) is 0 Å². The summed E-state index contributed by atoms with van der Waals surface area (Å²) < 4.78 is 1.38. The fourth-order valence-corrected chi connectivity index (χ4v) is 2.25. The number of benzene rings is 1. The van der Waals surface area contributed by atoms with Gasteiger partial charge < -0.3 is 0 Å². The smallest absolute Gasteiger partial charge is 0.276 e. The Morgan fingerprint density at radius 1 is 1.29 bits per heavy atom. The van der Waals surface area contributed by atoms with Crippen LogP contribution in [0.1, 0.15) is 16.8 Å². The number of non-ortho nitro benzene ring substituents is 1. The minimum atomic E-state index is -0.448. The van der Waals surface area contributed by atoms with Gasteiger partial charge in [0.05, 0.1) is 4.92 Å². The zero-order valence-electron chi connectivity index (χ0n) is 11.2. The third-order valence-electron chi connectivity index (χ3n) is 3.37. The van der Waals surface area contributed by atoms with Gasteiger partial charge in [-0.25, -0.2) is 9.50 Å². The molecule has 7 heteroatoms. The molecule has 7 nitrogen and oxygen atoms in total. The van der Waals surface area contributed by atoms with E-state index >= 15 is 0 Å². The molecule has 0 amide bonds. The number of hydrogen-bond donors (Lipinski definition) is 1. The minimum Gasteiger partial charge on any atom is -0.297 e. The van der Waals surface area contributed by atoms with E-state index in [1.807, 2.05) is 0 Å². The van der Waals surface area contributed by atoms with Crippen LogP contribution in [0, 0.1) is 17.0 Å². The molecule has 0 spiro atoms. The van der Waals surface area contributed by atoms with Crippen LogP contribution < -0.4 is 5.56 Å². The Balaban J connectivity index is 2.01. The van der Waals surface area contributed by atoms with Gasteiger partial charge in [-0.15, -0.1) is 0 Å². The van der Waals surface area contributed by atoms with E-state index in [-0.39, 0.29) is 11.2 Å². The van der Waals surface area contributed by atoms with Crippen LogP contribution in [0.2, 0.25) is 0 Å². The van der Waals surface area contributed by atoms with Crippen molar-refractivity contribution in [3.05, 3.63) is 73.8 Å². The molecule has 1 N–H and O–H groups in total. The maximum atomic E-state index is 12.4. The number of nitro benzene ring substituents is 1. The van der Waals surface area contributed by atoms with Crippen molar-refractivity contribution >= 4 is 11.3 Å². The molecule has 106 valence electrons. The molecule has 0 atom stereocenters. The average molecular weight is 284 g/mol. The van der Waals surface area contributed by atoms with Crippen LogP contribution >= 0.6 is 0 Å². The minimum absolute atomic E-state index is 0.0325. The second-order valence-corrected chi connectivity index (χ2v) is 4.74. The molecule has 0 saturated carbocycles. The Labute approximate surface area is 119 Å². The fraction of sp³-hybridized carbons (Fsp3) is 0.143. The number of nitro groups is 1. The predicted molar refractivity (Wildman–Crippen MR) is 76.5 cm³/mol. The van der Waals surface area contributed by atoms with Gasteiger partial charge in [0.15, 0.2) is 5.65 Å². The number of aromatic nitrogens is 3. The number of aryl methyl sites for hydroxylation is 1. The van der Waals surface area contributed by atoms with E-state index in [1.54, 1.807) is 31.3 Å². The first-order chi connectivity index (χ1) is 10.1. The molecular formula is C14H12N4O3. The van der Waals surface area contributed by atoms with Crippen LogP contribution in [-0.4, -0.2) is 19.5 Å². The molecule has 0 saturated heterocycles. The highest BCUT2D eigenvalue weighted by molar-refractivity contribution is 5.41. The Morgan fingerprint density at radius 3 is 2.67 bits per heavy atom. The van der Waals surface area contributed by atoms with Crippen molar-refractivity contribution in [3.63, 3.8) is 0 Å². The Bertz CT molecular complexity index is 877. The molecule has 3 rings (SSSR count). The highest BCUT2D eigenvalue weighted by Crippen LogP contribution is 2.15. The van der Waals surface area contributed by atoms with Crippen LogP contribution in [-0.2, 0) is 6.42 Å². The Morgan fingerprint density at radius 2 is 2.00 bits per heavy atom. The maximum absolute atomic E-state index is 12.4. The van der Waals surface area contributed by atoms with Crippen LogP contribution in [0.4, 0.5) is 5.69 Å². The molecule has 3 aromatic rings. The Hall–Kier alpha value is -2.96. The molecule has 0 radical (unpaired) electrons. The van der Waals surface area contributed by atoms with Crippen LogP contribution in [0.3, 0.4) is 0 Å². The molecule has 0 unspecified atom stereocenters. The van der Waals surface area contributed by atoms with E-state index < -0.39 is 4.92 Å². The molecule has 2 heterocycles. The third kappa shape index (κ3) is 2.29. The molecule has 21 heavy (non-hydrogen) atoms. The summed E-state index contributed by atoms with van der Waals surface area (Å²) in [6.45, 7) is 1.79. The molecule has 0 aliphatic heterocycles. The lowest BCUT2D eigenvalue weighted by molar-refractivity contribution is -0.384. The molecular weight excluding hydrogens is 272 g/mol. The van der Waals surface area contributed by atoms with Crippen LogP contribution in [0.25, 0.3) is 5.65 Å². The van der Waals surface area contributed by atoms with Gasteiger partial charge in [-0.2, -0.15) is 0 Å². The molecule has 2 aromatic heterocycles. The molecule has 0 aliphatic carbocycles. The van der Waals surface area contributed by atoms with Crippen LogP contribution in [0.5, 0.6) is 0 Å². The zero-order valence-corrected chi connectivity index (χ0v) is 11.2. The first kappa shape index (κ1) is 13.0. The van der Waals surface area contributed by atoms with Gasteiger partial charge in [0.2, 0.25) is 0 Å². The number of rotatable bonds is 3. The van der Waals surface area contributed by atoms with Crippen molar-refractivity contribution in [3.8, 4) is 0 Å². The molecule has 0 aliphatic rings. The lowest BCUT2D eigenvalue weighted by Crippen LogP contribution is -2.21. The quantitative estimate of drug-likeness (QED) is 0.586. The van der Waals surface area contributed by atoms with Crippen molar-refractivity contribution in [2.45, 2.75) is 13.3 Å². The third-order valence-corrected chi connectivity index (χ3v) is 3.37. The summed E-state index contributed by atoms with van der Waals surface area (Å²) in [4.78, 5) is 26.9. The standard InChI is InChI=1S/C14H12N4O3/c1-9-12(14(19)17-13(16-9)6-7-15-17)8-10-2-4-11(5-3-10)18(20)21/h2-7,15H,8H2,1H3. The van der Waals surface area contributed by atoms with Crippen molar-refractivity contribution in [2.75, 3.05) is 0 Å². The van der Waals surface area contributed by atoms with E-state index in [0.717, 1.165) is 5.56 Å². The second-order valence-electron chi connectivity index (χ2n) is 4.74. The predicted octanol–water partition coefficient (Wildman–Crippen LogP) is 1.83. The molecule has 0 fully saturated rings. The number of nitrogens with one attached hydrogen (secondary N) is 1. The number of nitrogens with zero attached hydrogens (tertiary/aromatic N) is 3. The van der Waals surface area contributed by atoms with Crippen molar-refractivity contribution in [1.82, 2.24) is 14.6 Å². The van der Waals surface area contributed by atoms with Gasteiger partial charge in [-0.3, -0.25) is 20.0 Å². The summed E-state index contributed by atoms with van der Waals surface area (Å²) in [6.07, 6.45) is 2.04. The summed E-state index contributed by atoms with van der Waals surface area (Å²) in [5.74, 6) is 0. The van der Waals surface area contributed by atoms with E-state index in [2.05, 4.69) is 10.1 Å². The monoisotopic (exact) mass is 284 g/mol. The average Bonchev–Trinajstić information content (AvgIpc) is 2.92. The van der Waals surface area contributed by atoms with Gasteiger partial charge in [0.25, 0.3) is 11.2 Å². The van der Waals surface area contributed by atoms with Crippen molar-refractivity contribution < 1.29 is 4.92 Å². The van der Waals surface area contributed by atoms with Gasteiger partial charge >= 0.3 is 0 Å². The van der Waals surface area contributed by atoms with Gasteiger partial charge in [-0.1, -0.05) is 12.1 Å². The SMILES string of the molecule is Cc1nc2cc[nH]n2c(=O)c1Cc1ccc([N+](=O)[O-])cc1. The lowest BCUT2D eigenvalue weighted by atomic mass is 10.0. The topological polar surface area (TPSA) is 93.3 Å². The fourth-order valence-electron chi connectivity index (χ4n) is 2.25. The number of hydrogen-bond acceptors (Lipinski definition) is 4. The van der Waals surface area contributed by atoms with Gasteiger partial charge in [-0.05, 0) is 12.5 Å². The van der Waals surface area contributed by atoms with E-state index in [9.17, 15) is 14.9 Å². The van der Waals surface area contributed by atoms with E-state index in [1.165, 1.54) is 16.6 Å². The first-order valence-corrected chi connectivity index (χ1v) is 6.35. The van der Waals surface area contributed by atoms with E-state index in [4.69, 9.17) is 0 Å². The number of fused-ring (bicyclic) bond motifs is 1. The summed E-state index contributed by atoms with van der Waals surface area (Å²) in [6, 6.07) is 7.90. The summed E-state index contributed by atoms with van der Waals surface area (Å²) in [5.41, 5.74) is 2.52. The van der Waals surface area contributed by atoms with Gasteiger partial charge in [0.1, 0.15) is 0 Å².